The van der Waals surface area contributed by atoms with Gasteiger partial charge in [-0.25, -0.2) is 4.98 Å². The number of amidine groups is 1. The van der Waals surface area contributed by atoms with E-state index in [1.807, 2.05) is 0 Å². The summed E-state index contributed by atoms with van der Waals surface area (Å²) in [5.74, 6) is 6.11. The molecule has 4 aliphatic rings. The van der Waals surface area contributed by atoms with Crippen molar-refractivity contribution in [2.75, 3.05) is 11.9 Å². The third kappa shape index (κ3) is 4.41. The fraction of sp³-hybridized carbons (Fsp3) is 0.296. The number of aliphatic hydroxyl groups is 1. The van der Waals surface area contributed by atoms with E-state index in [0.717, 1.165) is 36.9 Å². The van der Waals surface area contributed by atoms with E-state index in [2.05, 4.69) is 15.3 Å². The number of aromatic nitrogens is 1. The van der Waals surface area contributed by atoms with E-state index in [1.54, 1.807) is 35.6 Å². The van der Waals surface area contributed by atoms with Gasteiger partial charge in [0.25, 0.3) is 17.6 Å². The van der Waals surface area contributed by atoms with Gasteiger partial charge < -0.3 is 15.3 Å². The van der Waals surface area contributed by atoms with Crippen molar-refractivity contribution in [1.29, 1.82) is 0 Å². The predicted molar refractivity (Wildman–Crippen MR) is 138 cm³/mol. The summed E-state index contributed by atoms with van der Waals surface area (Å²) in [5, 5.41) is 12.4. The van der Waals surface area contributed by atoms with Crippen molar-refractivity contribution in [2.24, 2.45) is 21.7 Å². The van der Waals surface area contributed by atoms with Gasteiger partial charge >= 0.3 is 6.18 Å². The molecule has 2 aromatic rings. The zero-order valence-corrected chi connectivity index (χ0v) is 21.0. The van der Waals surface area contributed by atoms with E-state index in [9.17, 15) is 27.9 Å². The number of halogens is 3. The lowest BCUT2D eigenvalue weighted by Gasteiger charge is -2.34. The molecule has 10 nitrogen and oxygen atoms in total. The van der Waals surface area contributed by atoms with Gasteiger partial charge in [0.2, 0.25) is 5.70 Å². The second-order valence-corrected chi connectivity index (χ2v) is 10.2. The van der Waals surface area contributed by atoms with Crippen LogP contribution in [0.15, 0.2) is 76.4 Å². The Kier molecular flexibility index (Phi) is 6.16. The number of carbonyl (C=O) groups excluding carboxylic acids is 2. The molecule has 4 aliphatic heterocycles. The second kappa shape index (κ2) is 9.47. The summed E-state index contributed by atoms with van der Waals surface area (Å²) in [6.45, 7) is 0.427. The Bertz CT molecular complexity index is 1520. The SMILES string of the molecule is N[N+]12C=CN=CC1=C([C@H]1CC[C@@H]3C[C@@H](O)C(=O)N3C1)N=C2c1ccc(C(=O)Nc2cc(C(F)(F)F)ccn2)cc1. The van der Waals surface area contributed by atoms with E-state index < -0.39 is 23.8 Å². The van der Waals surface area contributed by atoms with Crippen LogP contribution in [0.1, 0.15) is 40.7 Å². The predicted octanol–water partition coefficient (Wildman–Crippen LogP) is 2.94. The van der Waals surface area contributed by atoms with Crippen LogP contribution in [0.4, 0.5) is 19.0 Å². The molecule has 2 saturated heterocycles. The number of fused-ring (bicyclic) bond motifs is 2. The zero-order chi connectivity index (χ0) is 28.2. The lowest BCUT2D eigenvalue weighted by atomic mass is 9.90. The van der Waals surface area contributed by atoms with Gasteiger partial charge in [-0.15, -0.1) is 4.59 Å². The summed E-state index contributed by atoms with van der Waals surface area (Å²) in [5.41, 5.74) is 1.31. The van der Waals surface area contributed by atoms with Crippen LogP contribution in [0.3, 0.4) is 0 Å². The van der Waals surface area contributed by atoms with E-state index in [4.69, 9.17) is 10.8 Å². The summed E-state index contributed by atoms with van der Waals surface area (Å²) in [4.78, 5) is 39.9. The van der Waals surface area contributed by atoms with Gasteiger partial charge in [-0.05, 0) is 49.2 Å². The summed E-state index contributed by atoms with van der Waals surface area (Å²) < 4.78 is 38.8. The number of nitrogens with one attached hydrogen (secondary N) is 1. The molecule has 0 saturated carbocycles. The smallest absolute Gasteiger partial charge is 0.383 e. The number of nitrogens with zero attached hydrogens (tertiary/aromatic N) is 5. The standard InChI is InChI=1S/C27H24F3N7O3/c28-27(29,30)18-7-8-33-22(11-18)34-25(39)16-3-1-15(2-4-16)24-35-23(20-13-32-9-10-37(20,24)31)17-5-6-19-12-21(38)26(40)36(19)14-17/h1-4,7-11,13,17,19,21,38H,5-6,12,14,31H2/p+1/t17-,19+,21+,37?/m0/s1. The second-order valence-electron chi connectivity index (χ2n) is 10.2. The normalized spacial score (nSPS) is 27.5. The van der Waals surface area contributed by atoms with Gasteiger partial charge in [0.15, 0.2) is 0 Å². The van der Waals surface area contributed by atoms with Gasteiger partial charge in [0, 0.05) is 36.7 Å². The number of alkyl halides is 3. The quantitative estimate of drug-likeness (QED) is 0.396. The molecule has 2 fully saturated rings. The number of anilines is 1. The number of benzene rings is 1. The molecular weight excluding hydrogens is 527 g/mol. The van der Waals surface area contributed by atoms with Gasteiger partial charge in [0.1, 0.15) is 23.8 Å². The van der Waals surface area contributed by atoms with Gasteiger partial charge in [0.05, 0.1) is 23.5 Å². The van der Waals surface area contributed by atoms with Crippen molar-refractivity contribution in [3.05, 3.63) is 83.1 Å². The molecule has 40 heavy (non-hydrogen) atoms. The Labute approximate surface area is 226 Å². The number of aliphatic imine (C=N–C) groups is 2. The Morgan fingerprint density at radius 2 is 1.95 bits per heavy atom. The molecule has 206 valence electrons. The van der Waals surface area contributed by atoms with Gasteiger partial charge in [-0.2, -0.15) is 24.0 Å². The van der Waals surface area contributed by atoms with Crippen molar-refractivity contribution < 1.29 is 32.5 Å². The third-order valence-corrected chi connectivity index (χ3v) is 7.71. The van der Waals surface area contributed by atoms with Gasteiger partial charge in [-0.3, -0.25) is 14.6 Å². The molecule has 4 atom stereocenters. The maximum Gasteiger partial charge on any atom is 0.416 e. The zero-order valence-electron chi connectivity index (χ0n) is 21.0. The van der Waals surface area contributed by atoms with Crippen LogP contribution in [0.2, 0.25) is 0 Å². The average molecular weight is 553 g/mol. The molecule has 6 rings (SSSR count). The number of aliphatic hydroxyl groups excluding tert-OH is 1. The maximum atomic E-state index is 13.0. The molecule has 13 heteroatoms. The van der Waals surface area contributed by atoms with E-state index in [0.29, 0.717) is 30.1 Å². The molecule has 1 aromatic carbocycles. The van der Waals surface area contributed by atoms with Crippen LogP contribution in [-0.2, 0) is 11.0 Å². The van der Waals surface area contributed by atoms with Crippen LogP contribution in [0, 0.1) is 5.92 Å². The average Bonchev–Trinajstić information content (AvgIpc) is 3.40. The molecule has 4 N–H and O–H groups in total. The van der Waals surface area contributed by atoms with Crippen molar-refractivity contribution in [3.63, 3.8) is 0 Å². The minimum absolute atomic E-state index is 0.0241. The topological polar surface area (TPSA) is 133 Å². The number of hydrogen-bond donors (Lipinski definition) is 3. The molecule has 0 radical (unpaired) electrons. The lowest BCUT2D eigenvalue weighted by Crippen LogP contribution is -2.53. The van der Waals surface area contributed by atoms with Gasteiger partial charge in [-0.1, -0.05) is 0 Å². The van der Waals surface area contributed by atoms with Crippen LogP contribution in [-0.4, -0.2) is 62.1 Å². The van der Waals surface area contributed by atoms with Crippen molar-refractivity contribution >= 4 is 29.7 Å². The van der Waals surface area contributed by atoms with Crippen molar-refractivity contribution in [1.82, 2.24) is 9.88 Å². The molecular formula is C27H25F3N7O3+. The number of piperidine rings is 1. The number of carbonyl (C=O) groups is 2. The molecule has 0 spiro atoms. The fourth-order valence-corrected chi connectivity index (χ4v) is 5.66. The number of quaternary nitrogens is 1. The third-order valence-electron chi connectivity index (χ3n) is 7.71. The van der Waals surface area contributed by atoms with Crippen molar-refractivity contribution in [2.45, 2.75) is 37.6 Å². The molecule has 0 bridgehead atoms. The fourth-order valence-electron chi connectivity index (χ4n) is 5.66. The van der Waals surface area contributed by atoms with E-state index in [-0.39, 0.29) is 33.8 Å². The highest BCUT2D eigenvalue weighted by molar-refractivity contribution is 6.05. The summed E-state index contributed by atoms with van der Waals surface area (Å²) >= 11 is 0. The Hall–Kier alpha value is -4.20. The van der Waals surface area contributed by atoms with Crippen LogP contribution < -0.4 is 11.2 Å². The highest BCUT2D eigenvalue weighted by Crippen LogP contribution is 2.40. The highest BCUT2D eigenvalue weighted by Gasteiger charge is 2.49. The number of nitrogens with two attached hydrogens (primary N) is 1. The first kappa shape index (κ1) is 26.0. The van der Waals surface area contributed by atoms with E-state index in [1.165, 1.54) is 12.1 Å². The summed E-state index contributed by atoms with van der Waals surface area (Å²) in [6, 6.07) is 8.01. The number of pyridine rings is 1. The number of amides is 2. The van der Waals surface area contributed by atoms with Crippen LogP contribution in [0.25, 0.3) is 0 Å². The van der Waals surface area contributed by atoms with Crippen LogP contribution in [0.5, 0.6) is 0 Å². The number of hydrogen-bond acceptors (Lipinski definition) is 7. The van der Waals surface area contributed by atoms with E-state index >= 15 is 0 Å². The first-order chi connectivity index (χ1) is 19.0. The Balaban J connectivity index is 1.24. The maximum absolute atomic E-state index is 13.0. The minimum Gasteiger partial charge on any atom is -0.383 e. The molecule has 0 aliphatic carbocycles. The largest absolute Gasteiger partial charge is 0.416 e. The number of rotatable bonds is 4. The molecule has 5 heterocycles. The first-order valence-corrected chi connectivity index (χ1v) is 12.7. The monoisotopic (exact) mass is 552 g/mol. The highest BCUT2D eigenvalue weighted by atomic mass is 19.4. The number of allylic oxidation sites excluding steroid dienone is 1. The van der Waals surface area contributed by atoms with Crippen molar-refractivity contribution in [3.8, 4) is 0 Å². The summed E-state index contributed by atoms with van der Waals surface area (Å²) in [7, 11) is 0. The first-order valence-electron chi connectivity index (χ1n) is 12.7. The lowest BCUT2D eigenvalue weighted by molar-refractivity contribution is -0.750. The Morgan fingerprint density at radius 3 is 2.70 bits per heavy atom. The minimum atomic E-state index is -4.56. The molecule has 1 unspecified atom stereocenters. The summed E-state index contributed by atoms with van der Waals surface area (Å²) in [6.07, 6.45) is 2.34. The molecule has 2 amide bonds. The Morgan fingerprint density at radius 1 is 1.18 bits per heavy atom. The molecule has 1 aromatic heterocycles. The van der Waals surface area contributed by atoms with Crippen LogP contribution >= 0.6 is 0 Å².